The van der Waals surface area contributed by atoms with Gasteiger partial charge in [-0.15, -0.1) is 5.10 Å². The lowest BCUT2D eigenvalue weighted by atomic mass is 9.93. The van der Waals surface area contributed by atoms with Crippen molar-refractivity contribution in [3.8, 4) is 11.4 Å². The molecule has 1 aliphatic rings. The molecule has 2 aromatic heterocycles. The van der Waals surface area contributed by atoms with Crippen LogP contribution in [-0.4, -0.2) is 65.8 Å². The predicted octanol–water partition coefficient (Wildman–Crippen LogP) is 2.48. The standard InChI is InChI=1S/C23H32N6O2/c1-23(2,3)20-9-8-19-22(28-11-14-31-15-12-28)26-21(27-29(19)20)17-4-6-18(7-5-17)25-16-24-10-13-30/h4-9,24-25,30H,10-16H2,1-3H3. The Balaban J connectivity index is 1.70. The molecule has 0 bridgehead atoms. The SMILES string of the molecule is CC(C)(C)c1ccc2c(N3CCOCC3)nc(-c3ccc(NCNCCO)cc3)nn12. The molecule has 1 aromatic carbocycles. The summed E-state index contributed by atoms with van der Waals surface area (Å²) in [6, 6.07) is 12.4. The number of ether oxygens (including phenoxy) is 1. The van der Waals surface area contributed by atoms with Crippen molar-refractivity contribution in [3.05, 3.63) is 42.1 Å². The number of aliphatic hydroxyl groups excluding tert-OH is 1. The van der Waals surface area contributed by atoms with E-state index in [0.717, 1.165) is 41.4 Å². The van der Waals surface area contributed by atoms with Crippen molar-refractivity contribution in [2.45, 2.75) is 26.2 Å². The van der Waals surface area contributed by atoms with Crippen LogP contribution in [0.4, 0.5) is 11.5 Å². The van der Waals surface area contributed by atoms with E-state index < -0.39 is 0 Å². The third kappa shape index (κ3) is 4.81. The Morgan fingerprint density at radius 1 is 1.06 bits per heavy atom. The zero-order valence-corrected chi connectivity index (χ0v) is 18.6. The minimum atomic E-state index is -0.0321. The first-order valence-electron chi connectivity index (χ1n) is 10.9. The lowest BCUT2D eigenvalue weighted by Gasteiger charge is -2.29. The Kier molecular flexibility index (Phi) is 6.41. The van der Waals surface area contributed by atoms with Gasteiger partial charge in [-0.25, -0.2) is 9.50 Å². The van der Waals surface area contributed by atoms with Crippen molar-refractivity contribution in [2.24, 2.45) is 0 Å². The zero-order chi connectivity index (χ0) is 21.8. The molecule has 1 saturated heterocycles. The predicted molar refractivity (Wildman–Crippen MR) is 124 cm³/mol. The average Bonchev–Trinajstić information content (AvgIpc) is 3.22. The number of hydrogen-bond donors (Lipinski definition) is 3. The molecule has 0 saturated carbocycles. The average molecular weight is 425 g/mol. The van der Waals surface area contributed by atoms with E-state index in [9.17, 15) is 0 Å². The molecule has 4 rings (SSSR count). The lowest BCUT2D eigenvalue weighted by molar-refractivity contribution is 0.122. The van der Waals surface area contributed by atoms with Crippen molar-refractivity contribution in [1.29, 1.82) is 0 Å². The van der Waals surface area contributed by atoms with Crippen LogP contribution in [-0.2, 0) is 10.2 Å². The van der Waals surface area contributed by atoms with Gasteiger partial charge in [0.2, 0.25) is 0 Å². The van der Waals surface area contributed by atoms with Crippen LogP contribution < -0.4 is 15.5 Å². The molecule has 0 aliphatic carbocycles. The Labute approximate surface area is 183 Å². The molecule has 3 N–H and O–H groups in total. The van der Waals surface area contributed by atoms with Gasteiger partial charge in [0.25, 0.3) is 0 Å². The maximum Gasteiger partial charge on any atom is 0.182 e. The van der Waals surface area contributed by atoms with Crippen LogP contribution in [0.5, 0.6) is 0 Å². The Morgan fingerprint density at radius 2 is 1.81 bits per heavy atom. The molecule has 0 radical (unpaired) electrons. The number of anilines is 2. The Bertz CT molecular complexity index is 1000. The number of nitrogens with zero attached hydrogens (tertiary/aromatic N) is 4. The van der Waals surface area contributed by atoms with E-state index in [-0.39, 0.29) is 12.0 Å². The third-order valence-corrected chi connectivity index (χ3v) is 5.42. The fraction of sp³-hybridized carbons (Fsp3) is 0.478. The summed E-state index contributed by atoms with van der Waals surface area (Å²) in [6.07, 6.45) is 0. The zero-order valence-electron chi connectivity index (χ0n) is 18.6. The molecular formula is C23H32N6O2. The molecule has 3 aromatic rings. The van der Waals surface area contributed by atoms with E-state index in [1.165, 1.54) is 0 Å². The maximum atomic E-state index is 8.86. The molecule has 0 atom stereocenters. The highest BCUT2D eigenvalue weighted by Gasteiger charge is 2.24. The molecule has 0 spiro atoms. The van der Waals surface area contributed by atoms with Gasteiger partial charge in [-0.3, -0.25) is 5.32 Å². The largest absolute Gasteiger partial charge is 0.395 e. The third-order valence-electron chi connectivity index (χ3n) is 5.42. The first kappa shape index (κ1) is 21.5. The number of hydrogen-bond acceptors (Lipinski definition) is 7. The number of aromatic nitrogens is 3. The fourth-order valence-corrected chi connectivity index (χ4v) is 3.75. The van der Waals surface area contributed by atoms with E-state index in [2.05, 4.69) is 53.0 Å². The van der Waals surface area contributed by atoms with Crippen molar-refractivity contribution in [1.82, 2.24) is 19.9 Å². The molecule has 8 heteroatoms. The summed E-state index contributed by atoms with van der Waals surface area (Å²) < 4.78 is 7.60. The second-order valence-electron chi connectivity index (χ2n) is 8.78. The van der Waals surface area contributed by atoms with E-state index >= 15 is 0 Å². The molecule has 166 valence electrons. The van der Waals surface area contributed by atoms with Crippen LogP contribution in [0.25, 0.3) is 16.9 Å². The summed E-state index contributed by atoms with van der Waals surface area (Å²) in [5.74, 6) is 1.67. The summed E-state index contributed by atoms with van der Waals surface area (Å²) in [6.45, 7) is 11.0. The molecule has 0 unspecified atom stereocenters. The number of benzene rings is 1. The van der Waals surface area contributed by atoms with Crippen LogP contribution in [0.1, 0.15) is 26.5 Å². The summed E-state index contributed by atoms with van der Waals surface area (Å²) in [5, 5.41) is 20.2. The molecule has 8 nitrogen and oxygen atoms in total. The van der Waals surface area contributed by atoms with Gasteiger partial charge in [0.1, 0.15) is 5.52 Å². The van der Waals surface area contributed by atoms with E-state index in [1.54, 1.807) is 0 Å². The van der Waals surface area contributed by atoms with Crippen molar-refractivity contribution < 1.29 is 9.84 Å². The molecule has 31 heavy (non-hydrogen) atoms. The lowest BCUT2D eigenvalue weighted by Crippen LogP contribution is -2.37. The van der Waals surface area contributed by atoms with Gasteiger partial charge < -0.3 is 20.1 Å². The quantitative estimate of drug-likeness (QED) is 0.397. The second kappa shape index (κ2) is 9.21. The van der Waals surface area contributed by atoms with Gasteiger partial charge in [-0.05, 0) is 36.4 Å². The monoisotopic (exact) mass is 424 g/mol. The summed E-state index contributed by atoms with van der Waals surface area (Å²) in [7, 11) is 0. The minimum Gasteiger partial charge on any atom is -0.395 e. The van der Waals surface area contributed by atoms with Crippen LogP contribution in [0.2, 0.25) is 0 Å². The van der Waals surface area contributed by atoms with Gasteiger partial charge in [0.05, 0.1) is 26.5 Å². The van der Waals surface area contributed by atoms with Gasteiger partial charge in [-0.1, -0.05) is 20.8 Å². The second-order valence-corrected chi connectivity index (χ2v) is 8.78. The van der Waals surface area contributed by atoms with Gasteiger partial charge in [0, 0.05) is 42.0 Å². The maximum absolute atomic E-state index is 8.86. The summed E-state index contributed by atoms with van der Waals surface area (Å²) in [4.78, 5) is 7.28. The van der Waals surface area contributed by atoms with E-state index in [1.807, 2.05) is 24.3 Å². The number of morpholine rings is 1. The van der Waals surface area contributed by atoms with Crippen LogP contribution in [0, 0.1) is 0 Å². The van der Waals surface area contributed by atoms with Crippen LogP contribution in [0.3, 0.4) is 0 Å². The number of aliphatic hydroxyl groups is 1. The number of fused-ring (bicyclic) bond motifs is 1. The van der Waals surface area contributed by atoms with Gasteiger partial charge in [-0.2, -0.15) is 0 Å². The molecule has 1 aliphatic heterocycles. The Morgan fingerprint density at radius 3 is 2.48 bits per heavy atom. The van der Waals surface area contributed by atoms with Crippen LogP contribution in [0.15, 0.2) is 36.4 Å². The summed E-state index contributed by atoms with van der Waals surface area (Å²) in [5.41, 5.74) is 4.13. The highest BCUT2D eigenvalue weighted by atomic mass is 16.5. The van der Waals surface area contributed by atoms with Gasteiger partial charge >= 0.3 is 0 Å². The van der Waals surface area contributed by atoms with E-state index in [0.29, 0.717) is 32.3 Å². The first-order chi connectivity index (χ1) is 15.0. The van der Waals surface area contributed by atoms with Crippen LogP contribution >= 0.6 is 0 Å². The highest BCUT2D eigenvalue weighted by molar-refractivity contribution is 5.73. The first-order valence-corrected chi connectivity index (χ1v) is 10.9. The topological polar surface area (TPSA) is 87.0 Å². The van der Waals surface area contributed by atoms with Gasteiger partial charge in [0.15, 0.2) is 11.6 Å². The minimum absolute atomic E-state index is 0.0321. The highest BCUT2D eigenvalue weighted by Crippen LogP contribution is 2.30. The summed E-state index contributed by atoms with van der Waals surface area (Å²) >= 11 is 0. The molecule has 1 fully saturated rings. The normalized spacial score (nSPS) is 14.9. The van der Waals surface area contributed by atoms with Crippen molar-refractivity contribution in [3.63, 3.8) is 0 Å². The Hall–Kier alpha value is -2.68. The van der Waals surface area contributed by atoms with Crippen molar-refractivity contribution in [2.75, 3.05) is 56.3 Å². The molecule has 3 heterocycles. The van der Waals surface area contributed by atoms with E-state index in [4.69, 9.17) is 19.9 Å². The molecule has 0 amide bonds. The number of nitrogens with one attached hydrogen (secondary N) is 2. The smallest absolute Gasteiger partial charge is 0.182 e. The fourth-order valence-electron chi connectivity index (χ4n) is 3.75. The van der Waals surface area contributed by atoms with Crippen molar-refractivity contribution >= 4 is 17.0 Å². The molecular weight excluding hydrogens is 392 g/mol. The number of rotatable bonds is 7.